The van der Waals surface area contributed by atoms with Crippen LogP contribution in [0, 0.1) is 5.82 Å². The summed E-state index contributed by atoms with van der Waals surface area (Å²) in [5, 5.41) is 0.542. The minimum atomic E-state index is -0.452. The van der Waals surface area contributed by atoms with Crippen LogP contribution < -0.4 is 4.74 Å². The summed E-state index contributed by atoms with van der Waals surface area (Å²) in [7, 11) is 0. The largest absolute Gasteiger partial charge is 0.488 e. The summed E-state index contributed by atoms with van der Waals surface area (Å²) in [5.41, 5.74) is 1.10. The molecule has 2 rings (SSSR count). The van der Waals surface area contributed by atoms with Gasteiger partial charge in [-0.2, -0.15) is 0 Å². The Kier molecular flexibility index (Phi) is 4.78. The van der Waals surface area contributed by atoms with Crippen LogP contribution in [0.1, 0.15) is 22.8 Å². The van der Waals surface area contributed by atoms with Crippen LogP contribution in [0.4, 0.5) is 4.39 Å². The van der Waals surface area contributed by atoms with Gasteiger partial charge in [-0.3, -0.25) is 4.79 Å². The average molecular weight is 358 g/mol. The Bertz CT molecular complexity index is 658. The first kappa shape index (κ1) is 15.0. The molecule has 0 radical (unpaired) electrons. The van der Waals surface area contributed by atoms with E-state index in [1.807, 2.05) is 6.07 Å². The molecular formula is C15H11BrClFO2. The predicted molar refractivity (Wildman–Crippen MR) is 79.9 cm³/mol. The maximum absolute atomic E-state index is 13.2. The molecule has 20 heavy (non-hydrogen) atoms. The Morgan fingerprint density at radius 3 is 2.70 bits per heavy atom. The van der Waals surface area contributed by atoms with Crippen molar-refractivity contribution in [3.8, 4) is 5.75 Å². The number of carbonyl (C=O) groups is 1. The molecule has 0 aromatic heterocycles. The van der Waals surface area contributed by atoms with Crippen molar-refractivity contribution < 1.29 is 13.9 Å². The zero-order valence-electron chi connectivity index (χ0n) is 10.6. The fraction of sp³-hybridized carbons (Fsp3) is 0.133. The Morgan fingerprint density at radius 2 is 2.05 bits per heavy atom. The monoisotopic (exact) mass is 356 g/mol. The third-order valence-electron chi connectivity index (χ3n) is 2.72. The summed E-state index contributed by atoms with van der Waals surface area (Å²) >= 11 is 9.39. The number of hydrogen-bond acceptors (Lipinski definition) is 2. The first-order chi connectivity index (χ1) is 9.47. The van der Waals surface area contributed by atoms with Gasteiger partial charge in [0.1, 0.15) is 18.2 Å². The van der Waals surface area contributed by atoms with Crippen molar-refractivity contribution in [2.75, 3.05) is 0 Å². The molecule has 2 nitrogen and oxygen atoms in total. The van der Waals surface area contributed by atoms with Crippen molar-refractivity contribution in [1.29, 1.82) is 0 Å². The van der Waals surface area contributed by atoms with Gasteiger partial charge in [0.15, 0.2) is 5.78 Å². The SMILES string of the molecule is CC(=O)c1ccc(F)cc1OCc1ccc(Br)cc1Cl. The Balaban J connectivity index is 2.22. The van der Waals surface area contributed by atoms with Gasteiger partial charge in [0.25, 0.3) is 0 Å². The number of halogens is 3. The maximum atomic E-state index is 13.2. The van der Waals surface area contributed by atoms with Gasteiger partial charge in [-0.05, 0) is 31.2 Å². The van der Waals surface area contributed by atoms with Gasteiger partial charge in [0, 0.05) is 21.1 Å². The van der Waals surface area contributed by atoms with E-state index in [0.717, 1.165) is 10.0 Å². The third kappa shape index (κ3) is 3.58. The molecule has 0 aliphatic carbocycles. The Hall–Kier alpha value is -1.39. The molecule has 2 aromatic rings. The van der Waals surface area contributed by atoms with E-state index in [0.29, 0.717) is 10.6 Å². The summed E-state index contributed by atoms with van der Waals surface area (Å²) < 4.78 is 19.6. The molecule has 2 aromatic carbocycles. The molecule has 0 saturated carbocycles. The molecule has 5 heteroatoms. The smallest absolute Gasteiger partial charge is 0.163 e. The van der Waals surface area contributed by atoms with Gasteiger partial charge in [-0.1, -0.05) is 33.6 Å². The molecular weight excluding hydrogens is 347 g/mol. The fourth-order valence-electron chi connectivity index (χ4n) is 1.70. The summed E-state index contributed by atoms with van der Waals surface area (Å²) in [6.45, 7) is 1.57. The molecule has 0 aliphatic heterocycles. The standard InChI is InChI=1S/C15H11BrClFO2/c1-9(19)13-5-4-12(18)7-15(13)20-8-10-2-3-11(16)6-14(10)17/h2-7H,8H2,1H3. The number of ketones is 1. The van der Waals surface area contributed by atoms with Crippen molar-refractivity contribution >= 4 is 33.3 Å². The van der Waals surface area contributed by atoms with Crippen molar-refractivity contribution in [3.63, 3.8) is 0 Å². The van der Waals surface area contributed by atoms with Crippen molar-refractivity contribution in [2.24, 2.45) is 0 Å². The van der Waals surface area contributed by atoms with Gasteiger partial charge >= 0.3 is 0 Å². The second-order valence-corrected chi connectivity index (χ2v) is 5.54. The highest BCUT2D eigenvalue weighted by Gasteiger charge is 2.11. The van der Waals surface area contributed by atoms with Crippen LogP contribution in [-0.2, 0) is 6.61 Å². The lowest BCUT2D eigenvalue weighted by Crippen LogP contribution is -2.02. The highest BCUT2D eigenvalue weighted by molar-refractivity contribution is 9.10. The van der Waals surface area contributed by atoms with Crippen LogP contribution in [0.5, 0.6) is 5.75 Å². The van der Waals surface area contributed by atoms with Gasteiger partial charge in [0.2, 0.25) is 0 Å². The minimum Gasteiger partial charge on any atom is -0.488 e. The summed E-state index contributed by atoms with van der Waals surface area (Å²) in [4.78, 5) is 11.5. The summed E-state index contributed by atoms with van der Waals surface area (Å²) in [5.74, 6) is -0.412. The quantitative estimate of drug-likeness (QED) is 0.718. The third-order valence-corrected chi connectivity index (χ3v) is 3.57. The number of rotatable bonds is 4. The van der Waals surface area contributed by atoms with E-state index in [2.05, 4.69) is 15.9 Å². The topological polar surface area (TPSA) is 26.3 Å². The Morgan fingerprint density at radius 1 is 1.30 bits per heavy atom. The minimum absolute atomic E-state index is 0.163. The van der Waals surface area contributed by atoms with Crippen LogP contribution in [0.3, 0.4) is 0 Å². The molecule has 0 bridgehead atoms. The van der Waals surface area contributed by atoms with Crippen LogP contribution in [0.15, 0.2) is 40.9 Å². The van der Waals surface area contributed by atoms with Crippen molar-refractivity contribution in [1.82, 2.24) is 0 Å². The zero-order chi connectivity index (χ0) is 14.7. The first-order valence-corrected chi connectivity index (χ1v) is 7.01. The average Bonchev–Trinajstić information content (AvgIpc) is 2.37. The van der Waals surface area contributed by atoms with Gasteiger partial charge in [-0.25, -0.2) is 4.39 Å². The van der Waals surface area contributed by atoms with E-state index >= 15 is 0 Å². The Labute approximate surface area is 129 Å². The maximum Gasteiger partial charge on any atom is 0.163 e. The van der Waals surface area contributed by atoms with Crippen LogP contribution in [0.2, 0.25) is 5.02 Å². The molecule has 0 aliphatic rings. The highest BCUT2D eigenvalue weighted by atomic mass is 79.9. The number of ether oxygens (including phenoxy) is 1. The molecule has 104 valence electrons. The molecule has 0 spiro atoms. The van der Waals surface area contributed by atoms with E-state index in [1.165, 1.54) is 25.1 Å². The fourth-order valence-corrected chi connectivity index (χ4v) is 2.43. The van der Waals surface area contributed by atoms with Gasteiger partial charge < -0.3 is 4.74 Å². The summed E-state index contributed by atoms with van der Waals surface area (Å²) in [6.07, 6.45) is 0. The number of carbonyl (C=O) groups excluding carboxylic acids is 1. The van der Waals surface area contributed by atoms with Crippen LogP contribution in [0.25, 0.3) is 0 Å². The molecule has 0 fully saturated rings. The lowest BCUT2D eigenvalue weighted by Gasteiger charge is -2.11. The van der Waals surface area contributed by atoms with E-state index < -0.39 is 5.82 Å². The van der Waals surface area contributed by atoms with E-state index in [1.54, 1.807) is 12.1 Å². The van der Waals surface area contributed by atoms with E-state index in [4.69, 9.17) is 16.3 Å². The molecule has 0 saturated heterocycles. The molecule has 0 N–H and O–H groups in total. The first-order valence-electron chi connectivity index (χ1n) is 5.84. The number of hydrogen-bond donors (Lipinski definition) is 0. The number of Topliss-reactive ketones (excluding diaryl/α,β-unsaturated/α-hetero) is 1. The van der Waals surface area contributed by atoms with Crippen molar-refractivity contribution in [2.45, 2.75) is 13.5 Å². The van der Waals surface area contributed by atoms with Gasteiger partial charge in [-0.15, -0.1) is 0 Å². The van der Waals surface area contributed by atoms with Gasteiger partial charge in [0.05, 0.1) is 5.56 Å². The molecule has 0 atom stereocenters. The second kappa shape index (κ2) is 6.37. The lowest BCUT2D eigenvalue weighted by molar-refractivity contribution is 0.101. The molecule has 0 unspecified atom stereocenters. The van der Waals surface area contributed by atoms with Crippen LogP contribution in [-0.4, -0.2) is 5.78 Å². The van der Waals surface area contributed by atoms with Crippen molar-refractivity contribution in [3.05, 3.63) is 62.8 Å². The van der Waals surface area contributed by atoms with E-state index in [9.17, 15) is 9.18 Å². The van der Waals surface area contributed by atoms with E-state index in [-0.39, 0.29) is 18.1 Å². The normalized spacial score (nSPS) is 10.4. The zero-order valence-corrected chi connectivity index (χ0v) is 13.0. The van der Waals surface area contributed by atoms with Crippen LogP contribution >= 0.6 is 27.5 Å². The number of benzene rings is 2. The lowest BCUT2D eigenvalue weighted by atomic mass is 10.1. The predicted octanol–water partition coefficient (Wildman–Crippen LogP) is 5.02. The molecule has 0 heterocycles. The molecule has 0 amide bonds. The second-order valence-electron chi connectivity index (χ2n) is 4.22. The summed E-state index contributed by atoms with van der Waals surface area (Å²) in [6, 6.07) is 9.23. The highest BCUT2D eigenvalue weighted by Crippen LogP contribution is 2.25.